The van der Waals surface area contributed by atoms with E-state index in [9.17, 15) is 0 Å². The molecule has 0 fully saturated rings. The van der Waals surface area contributed by atoms with E-state index < -0.39 is 0 Å². The highest BCUT2D eigenvalue weighted by molar-refractivity contribution is 5.86. The van der Waals surface area contributed by atoms with E-state index in [-0.39, 0.29) is 5.41 Å². The van der Waals surface area contributed by atoms with E-state index in [1.807, 2.05) is 0 Å². The Kier molecular flexibility index (Phi) is 3.83. The SMILES string of the molecule is C=C1c2cc(C(C)(C)C)c(OC)c(-c3ccccc3)c2CC1C. The Bertz CT molecular complexity index is 748. The Labute approximate surface area is 140 Å². The molecule has 0 spiro atoms. The van der Waals surface area contributed by atoms with Gasteiger partial charge in [-0.25, -0.2) is 0 Å². The van der Waals surface area contributed by atoms with Crippen LogP contribution in [-0.2, 0) is 11.8 Å². The second-order valence-corrected chi connectivity index (χ2v) is 7.60. The van der Waals surface area contributed by atoms with E-state index in [2.05, 4.69) is 70.7 Å². The first kappa shape index (κ1) is 15.9. The van der Waals surface area contributed by atoms with Gasteiger partial charge >= 0.3 is 0 Å². The average Bonchev–Trinajstić information content (AvgIpc) is 2.80. The zero-order chi connectivity index (χ0) is 16.8. The van der Waals surface area contributed by atoms with Crippen LogP contribution in [0.15, 0.2) is 43.0 Å². The molecule has 1 aliphatic carbocycles. The van der Waals surface area contributed by atoms with E-state index in [0.29, 0.717) is 5.92 Å². The van der Waals surface area contributed by atoms with Crippen molar-refractivity contribution in [3.63, 3.8) is 0 Å². The molecule has 0 amide bonds. The normalized spacial score (nSPS) is 17.3. The second kappa shape index (κ2) is 5.56. The number of ether oxygens (including phenoxy) is 1. The summed E-state index contributed by atoms with van der Waals surface area (Å²) in [6.45, 7) is 13.3. The fourth-order valence-electron chi connectivity index (χ4n) is 3.58. The summed E-state index contributed by atoms with van der Waals surface area (Å²) in [4.78, 5) is 0. The van der Waals surface area contributed by atoms with Crippen LogP contribution in [0, 0.1) is 5.92 Å². The molecule has 1 atom stereocenters. The predicted molar refractivity (Wildman–Crippen MR) is 99.0 cm³/mol. The zero-order valence-electron chi connectivity index (χ0n) is 14.9. The molecule has 0 heterocycles. The summed E-state index contributed by atoms with van der Waals surface area (Å²) in [7, 11) is 1.79. The Morgan fingerprint density at radius 1 is 1.13 bits per heavy atom. The number of methoxy groups -OCH3 is 1. The molecule has 0 N–H and O–H groups in total. The maximum atomic E-state index is 5.92. The van der Waals surface area contributed by atoms with Crippen LogP contribution in [0.2, 0.25) is 0 Å². The minimum atomic E-state index is 0.0238. The molecule has 1 unspecified atom stereocenters. The van der Waals surface area contributed by atoms with E-state index >= 15 is 0 Å². The monoisotopic (exact) mass is 306 g/mol. The summed E-state index contributed by atoms with van der Waals surface area (Å²) in [5, 5.41) is 0. The standard InChI is InChI=1S/C22H26O/c1-14-12-18-17(15(14)2)13-19(22(3,4)5)21(23-6)20(18)16-10-8-7-9-11-16/h7-11,13-14H,2,12H2,1,3-6H3. The summed E-state index contributed by atoms with van der Waals surface area (Å²) < 4.78 is 5.92. The summed E-state index contributed by atoms with van der Waals surface area (Å²) in [5.74, 6) is 1.51. The van der Waals surface area contributed by atoms with Crippen LogP contribution in [0.4, 0.5) is 0 Å². The molecule has 1 nitrogen and oxygen atoms in total. The van der Waals surface area contributed by atoms with Gasteiger partial charge in [-0.1, -0.05) is 64.6 Å². The third-order valence-electron chi connectivity index (χ3n) is 4.91. The summed E-state index contributed by atoms with van der Waals surface area (Å²) in [5.41, 5.74) is 7.73. The molecule has 0 bridgehead atoms. The highest BCUT2D eigenvalue weighted by atomic mass is 16.5. The first-order valence-corrected chi connectivity index (χ1v) is 8.33. The van der Waals surface area contributed by atoms with Crippen molar-refractivity contribution in [1.29, 1.82) is 0 Å². The lowest BCUT2D eigenvalue weighted by molar-refractivity contribution is 0.399. The lowest BCUT2D eigenvalue weighted by atomic mass is 9.81. The third-order valence-corrected chi connectivity index (χ3v) is 4.91. The molecular formula is C22H26O. The quantitative estimate of drug-likeness (QED) is 0.674. The van der Waals surface area contributed by atoms with Crippen LogP contribution >= 0.6 is 0 Å². The largest absolute Gasteiger partial charge is 0.496 e. The molecule has 3 rings (SSSR count). The maximum absolute atomic E-state index is 5.92. The summed E-state index contributed by atoms with van der Waals surface area (Å²) >= 11 is 0. The first-order valence-electron chi connectivity index (χ1n) is 8.33. The Morgan fingerprint density at radius 2 is 1.78 bits per heavy atom. The molecule has 23 heavy (non-hydrogen) atoms. The highest BCUT2D eigenvalue weighted by Crippen LogP contribution is 2.49. The highest BCUT2D eigenvalue weighted by Gasteiger charge is 2.31. The van der Waals surface area contributed by atoms with Crippen molar-refractivity contribution in [2.45, 2.75) is 39.5 Å². The number of fused-ring (bicyclic) bond motifs is 1. The van der Waals surface area contributed by atoms with Crippen molar-refractivity contribution in [1.82, 2.24) is 0 Å². The van der Waals surface area contributed by atoms with Gasteiger partial charge in [-0.2, -0.15) is 0 Å². The van der Waals surface area contributed by atoms with Gasteiger partial charge in [-0.3, -0.25) is 0 Å². The molecule has 2 aromatic rings. The smallest absolute Gasteiger partial charge is 0.130 e. The van der Waals surface area contributed by atoms with Crippen LogP contribution in [0.3, 0.4) is 0 Å². The van der Waals surface area contributed by atoms with Crippen LogP contribution < -0.4 is 4.74 Å². The van der Waals surface area contributed by atoms with Crippen molar-refractivity contribution >= 4 is 5.57 Å². The molecule has 0 saturated heterocycles. The molecule has 1 aliphatic rings. The van der Waals surface area contributed by atoms with E-state index in [1.165, 1.54) is 33.4 Å². The van der Waals surface area contributed by atoms with E-state index in [4.69, 9.17) is 4.74 Å². The van der Waals surface area contributed by atoms with Crippen LogP contribution in [0.25, 0.3) is 16.7 Å². The van der Waals surface area contributed by atoms with Gasteiger partial charge in [0.1, 0.15) is 5.75 Å². The first-order chi connectivity index (χ1) is 10.8. The van der Waals surface area contributed by atoms with Gasteiger partial charge in [0, 0.05) is 11.1 Å². The molecule has 0 radical (unpaired) electrons. The average molecular weight is 306 g/mol. The lowest BCUT2D eigenvalue weighted by Gasteiger charge is -2.26. The molecule has 0 saturated carbocycles. The number of benzene rings is 2. The van der Waals surface area contributed by atoms with Crippen LogP contribution in [0.5, 0.6) is 5.75 Å². The van der Waals surface area contributed by atoms with Gasteiger partial charge < -0.3 is 4.74 Å². The number of hydrogen-bond donors (Lipinski definition) is 0. The predicted octanol–water partition coefficient (Wildman–Crippen LogP) is 5.87. The fourth-order valence-corrected chi connectivity index (χ4v) is 3.58. The molecule has 1 heteroatoms. The second-order valence-electron chi connectivity index (χ2n) is 7.60. The van der Waals surface area contributed by atoms with Crippen LogP contribution in [-0.4, -0.2) is 7.11 Å². The molecule has 0 aliphatic heterocycles. The number of allylic oxidation sites excluding steroid dienone is 1. The van der Waals surface area contributed by atoms with Gasteiger partial charge in [-0.15, -0.1) is 0 Å². The minimum absolute atomic E-state index is 0.0238. The number of hydrogen-bond acceptors (Lipinski definition) is 1. The molecular weight excluding hydrogens is 280 g/mol. The van der Waals surface area contributed by atoms with Gasteiger partial charge in [0.2, 0.25) is 0 Å². The Hall–Kier alpha value is -2.02. The Balaban J connectivity index is 2.39. The summed E-state index contributed by atoms with van der Waals surface area (Å²) in [6, 6.07) is 12.9. The van der Waals surface area contributed by atoms with Crippen molar-refractivity contribution in [2.24, 2.45) is 5.92 Å². The molecule has 0 aromatic heterocycles. The maximum Gasteiger partial charge on any atom is 0.130 e. The van der Waals surface area contributed by atoms with E-state index in [0.717, 1.165) is 12.2 Å². The molecule has 2 aromatic carbocycles. The topological polar surface area (TPSA) is 9.23 Å². The van der Waals surface area contributed by atoms with Gasteiger partial charge in [-0.05, 0) is 46.1 Å². The van der Waals surface area contributed by atoms with E-state index in [1.54, 1.807) is 7.11 Å². The van der Waals surface area contributed by atoms with Gasteiger partial charge in [0.25, 0.3) is 0 Å². The lowest BCUT2D eigenvalue weighted by Crippen LogP contribution is -2.14. The van der Waals surface area contributed by atoms with Gasteiger partial charge in [0.05, 0.1) is 7.11 Å². The minimum Gasteiger partial charge on any atom is -0.496 e. The van der Waals surface area contributed by atoms with Crippen molar-refractivity contribution in [3.8, 4) is 16.9 Å². The number of rotatable bonds is 2. The van der Waals surface area contributed by atoms with Crippen LogP contribution in [0.1, 0.15) is 44.4 Å². The van der Waals surface area contributed by atoms with Crippen molar-refractivity contribution in [2.75, 3.05) is 7.11 Å². The van der Waals surface area contributed by atoms with Crippen molar-refractivity contribution in [3.05, 3.63) is 59.7 Å². The fraction of sp³-hybridized carbons (Fsp3) is 0.364. The third kappa shape index (κ3) is 2.59. The summed E-state index contributed by atoms with van der Waals surface area (Å²) in [6.07, 6.45) is 1.04. The van der Waals surface area contributed by atoms with Gasteiger partial charge in [0.15, 0.2) is 0 Å². The van der Waals surface area contributed by atoms with Crippen molar-refractivity contribution < 1.29 is 4.74 Å². The molecule has 120 valence electrons. The Morgan fingerprint density at radius 3 is 2.35 bits per heavy atom. The zero-order valence-corrected chi connectivity index (χ0v) is 14.9.